The van der Waals surface area contributed by atoms with Gasteiger partial charge < -0.3 is 15.4 Å². The van der Waals surface area contributed by atoms with Crippen molar-refractivity contribution >= 4 is 69.4 Å². The minimum absolute atomic E-state index is 0.00583. The lowest BCUT2D eigenvalue weighted by molar-refractivity contribution is -0.384. The Bertz CT molecular complexity index is 911. The van der Waals surface area contributed by atoms with Gasteiger partial charge in [-0.05, 0) is 49.0 Å². The average Bonchev–Trinajstić information content (AvgIpc) is 2.61. The highest BCUT2D eigenvalue weighted by atomic mass is 35.5. The van der Waals surface area contributed by atoms with E-state index in [1.165, 1.54) is 18.2 Å². The summed E-state index contributed by atoms with van der Waals surface area (Å²) in [6.07, 6.45) is 0.591. The third-order valence-electron chi connectivity index (χ3n) is 3.35. The van der Waals surface area contributed by atoms with Crippen molar-refractivity contribution in [2.24, 2.45) is 0 Å². The summed E-state index contributed by atoms with van der Waals surface area (Å²) in [5.74, 6) is 0.153. The van der Waals surface area contributed by atoms with E-state index in [-0.39, 0.29) is 34.8 Å². The van der Waals surface area contributed by atoms with Gasteiger partial charge in [0.25, 0.3) is 5.69 Å². The molecule has 2 N–H and O–H groups in total. The number of ether oxygens (including phenoxy) is 1. The van der Waals surface area contributed by atoms with Gasteiger partial charge in [0.2, 0.25) is 5.91 Å². The summed E-state index contributed by atoms with van der Waals surface area (Å²) in [6, 6.07) is 8.97. The fourth-order valence-corrected chi connectivity index (χ4v) is 2.97. The molecule has 2 rings (SSSR count). The van der Waals surface area contributed by atoms with E-state index in [1.807, 2.05) is 0 Å². The summed E-state index contributed by atoms with van der Waals surface area (Å²) in [6.45, 7) is 0.276. The fourth-order valence-electron chi connectivity index (χ4n) is 2.09. The fraction of sp³-hybridized carbons (Fsp3) is 0.176. The van der Waals surface area contributed by atoms with Gasteiger partial charge >= 0.3 is 0 Å². The van der Waals surface area contributed by atoms with Crippen molar-refractivity contribution in [1.82, 2.24) is 5.32 Å². The van der Waals surface area contributed by atoms with Gasteiger partial charge in [-0.25, -0.2) is 0 Å². The molecule has 2 aromatic carbocycles. The standard InChI is InChI=1S/C17H14Cl3N3O4S/c18-10-3-6-15(13(20)8-10)27-7-1-2-16(24)22-17(28)21-11-4-5-12(19)14(9-11)23(25)26/h3-6,8-9H,1-2,7H2,(H2,21,22,24,28). The first-order valence-electron chi connectivity index (χ1n) is 7.89. The van der Waals surface area contributed by atoms with E-state index in [0.717, 1.165) is 0 Å². The van der Waals surface area contributed by atoms with Crippen LogP contribution in [0.2, 0.25) is 15.1 Å². The maximum Gasteiger partial charge on any atom is 0.289 e. The van der Waals surface area contributed by atoms with E-state index >= 15 is 0 Å². The summed E-state index contributed by atoms with van der Waals surface area (Å²) in [4.78, 5) is 22.2. The molecule has 7 nitrogen and oxygen atoms in total. The topological polar surface area (TPSA) is 93.5 Å². The van der Waals surface area contributed by atoms with Crippen LogP contribution < -0.4 is 15.4 Å². The zero-order valence-corrected chi connectivity index (χ0v) is 17.3. The molecule has 0 saturated carbocycles. The lowest BCUT2D eigenvalue weighted by Crippen LogP contribution is -2.34. The van der Waals surface area contributed by atoms with Crippen molar-refractivity contribution in [3.05, 3.63) is 61.6 Å². The number of nitrogens with zero attached hydrogens (tertiary/aromatic N) is 1. The Balaban J connectivity index is 1.76. The Morgan fingerprint density at radius 3 is 2.57 bits per heavy atom. The number of halogens is 3. The smallest absolute Gasteiger partial charge is 0.289 e. The molecule has 0 aliphatic heterocycles. The number of nitrogens with one attached hydrogen (secondary N) is 2. The van der Waals surface area contributed by atoms with Crippen LogP contribution in [0.3, 0.4) is 0 Å². The second kappa shape index (κ2) is 10.4. The molecule has 0 heterocycles. The second-order valence-corrected chi connectivity index (χ2v) is 7.11. The Kier molecular flexibility index (Phi) is 8.25. The summed E-state index contributed by atoms with van der Waals surface area (Å²) in [5.41, 5.74) is 0.0703. The molecule has 2 aromatic rings. The van der Waals surface area contributed by atoms with Gasteiger partial charge in [-0.1, -0.05) is 34.8 Å². The minimum Gasteiger partial charge on any atom is -0.492 e. The number of benzene rings is 2. The SMILES string of the molecule is O=C(CCCOc1ccc(Cl)cc1Cl)NC(=S)Nc1ccc(Cl)c([N+](=O)[O-])c1. The lowest BCUT2D eigenvalue weighted by atomic mass is 10.3. The van der Waals surface area contributed by atoms with Crippen LogP contribution in [-0.4, -0.2) is 22.5 Å². The number of anilines is 1. The molecule has 1 amide bonds. The highest BCUT2D eigenvalue weighted by Gasteiger charge is 2.14. The predicted molar refractivity (Wildman–Crippen MR) is 114 cm³/mol. The zero-order chi connectivity index (χ0) is 20.7. The van der Waals surface area contributed by atoms with E-state index in [0.29, 0.717) is 27.9 Å². The molecule has 28 heavy (non-hydrogen) atoms. The van der Waals surface area contributed by atoms with Crippen LogP contribution in [0.5, 0.6) is 5.75 Å². The number of carbonyl (C=O) groups excluding carboxylic acids is 1. The monoisotopic (exact) mass is 461 g/mol. The van der Waals surface area contributed by atoms with Crippen LogP contribution in [0.15, 0.2) is 36.4 Å². The molecule has 0 aromatic heterocycles. The Morgan fingerprint density at radius 2 is 1.89 bits per heavy atom. The van der Waals surface area contributed by atoms with Gasteiger partial charge in [-0.15, -0.1) is 0 Å². The molecular formula is C17H14Cl3N3O4S. The third-order valence-corrected chi connectivity index (χ3v) is 4.41. The van der Waals surface area contributed by atoms with Crippen molar-refractivity contribution in [1.29, 1.82) is 0 Å². The van der Waals surface area contributed by atoms with Gasteiger partial charge in [-0.2, -0.15) is 0 Å². The van der Waals surface area contributed by atoms with Gasteiger partial charge in [0, 0.05) is 23.2 Å². The van der Waals surface area contributed by atoms with Crippen LogP contribution >= 0.6 is 47.0 Å². The highest BCUT2D eigenvalue weighted by molar-refractivity contribution is 7.80. The molecule has 0 spiro atoms. The Labute approximate surface area is 181 Å². The molecule has 0 saturated heterocycles. The number of amides is 1. The van der Waals surface area contributed by atoms with E-state index in [1.54, 1.807) is 18.2 Å². The molecule has 0 bridgehead atoms. The maximum atomic E-state index is 11.9. The van der Waals surface area contributed by atoms with E-state index in [2.05, 4.69) is 10.6 Å². The van der Waals surface area contributed by atoms with Crippen LogP contribution in [-0.2, 0) is 4.79 Å². The lowest BCUT2D eigenvalue weighted by Gasteiger charge is -2.10. The quantitative estimate of drug-likeness (QED) is 0.253. The number of nitro groups is 1. The summed E-state index contributed by atoms with van der Waals surface area (Å²) < 4.78 is 5.49. The van der Waals surface area contributed by atoms with Gasteiger partial charge in [0.1, 0.15) is 10.8 Å². The molecule has 0 fully saturated rings. The molecule has 0 radical (unpaired) electrons. The molecule has 11 heteroatoms. The third kappa shape index (κ3) is 6.79. The summed E-state index contributed by atoms with van der Waals surface area (Å²) >= 11 is 22.6. The number of nitro benzene ring substituents is 1. The van der Waals surface area contributed by atoms with E-state index in [4.69, 9.17) is 51.8 Å². The molecule has 0 unspecified atom stereocenters. The minimum atomic E-state index is -0.609. The highest BCUT2D eigenvalue weighted by Crippen LogP contribution is 2.28. The van der Waals surface area contributed by atoms with Crippen LogP contribution in [0, 0.1) is 10.1 Å². The van der Waals surface area contributed by atoms with Gasteiger partial charge in [0.15, 0.2) is 5.11 Å². The number of carbonyl (C=O) groups is 1. The average molecular weight is 463 g/mol. The van der Waals surface area contributed by atoms with Crippen LogP contribution in [0.4, 0.5) is 11.4 Å². The molecule has 0 atom stereocenters. The number of thiocarbonyl (C=S) groups is 1. The summed E-state index contributed by atoms with van der Waals surface area (Å²) in [7, 11) is 0. The van der Waals surface area contributed by atoms with Crippen LogP contribution in [0.25, 0.3) is 0 Å². The largest absolute Gasteiger partial charge is 0.492 e. The first-order chi connectivity index (χ1) is 13.3. The summed E-state index contributed by atoms with van der Waals surface area (Å²) in [5, 5.41) is 17.0. The van der Waals surface area contributed by atoms with Crippen molar-refractivity contribution in [2.75, 3.05) is 11.9 Å². The van der Waals surface area contributed by atoms with Gasteiger partial charge in [-0.3, -0.25) is 14.9 Å². The first-order valence-corrected chi connectivity index (χ1v) is 9.43. The number of hydrogen-bond donors (Lipinski definition) is 2. The molecular weight excluding hydrogens is 449 g/mol. The number of rotatable bonds is 7. The second-order valence-electron chi connectivity index (χ2n) is 5.45. The van der Waals surface area contributed by atoms with E-state index in [9.17, 15) is 14.9 Å². The Morgan fingerprint density at radius 1 is 1.14 bits per heavy atom. The van der Waals surface area contributed by atoms with Crippen LogP contribution in [0.1, 0.15) is 12.8 Å². The van der Waals surface area contributed by atoms with Crippen molar-refractivity contribution in [3.63, 3.8) is 0 Å². The van der Waals surface area contributed by atoms with Crippen molar-refractivity contribution in [3.8, 4) is 5.75 Å². The molecule has 148 valence electrons. The molecule has 0 aliphatic carbocycles. The van der Waals surface area contributed by atoms with E-state index < -0.39 is 4.92 Å². The van der Waals surface area contributed by atoms with Crippen molar-refractivity contribution in [2.45, 2.75) is 12.8 Å². The molecule has 0 aliphatic rings. The zero-order valence-electron chi connectivity index (χ0n) is 14.2. The van der Waals surface area contributed by atoms with Gasteiger partial charge in [0.05, 0.1) is 16.6 Å². The predicted octanol–water partition coefficient (Wildman–Crippen LogP) is 5.23. The normalized spacial score (nSPS) is 10.2. The number of hydrogen-bond acceptors (Lipinski definition) is 5. The Hall–Kier alpha value is -2.13. The van der Waals surface area contributed by atoms with Crippen molar-refractivity contribution < 1.29 is 14.5 Å². The first kappa shape index (κ1) is 22.2. The maximum absolute atomic E-state index is 11.9.